The molecule has 6 rings (SSSR count). The van der Waals surface area contributed by atoms with Gasteiger partial charge in [0.15, 0.2) is 17.8 Å². The van der Waals surface area contributed by atoms with Gasteiger partial charge in [-0.3, -0.25) is 14.4 Å². The number of nitrogens with two attached hydrogens (primary N) is 1. The van der Waals surface area contributed by atoms with E-state index in [1.165, 1.54) is 19.2 Å². The second kappa shape index (κ2) is 13.2. The molecule has 48 heavy (non-hydrogen) atoms. The fraction of sp³-hybridized carbons (Fsp3) is 0.294. The van der Waals surface area contributed by atoms with E-state index in [2.05, 4.69) is 20.7 Å². The fourth-order valence-corrected chi connectivity index (χ4v) is 6.49. The molecule has 248 valence electrons. The summed E-state index contributed by atoms with van der Waals surface area (Å²) in [4.78, 5) is 56.0. The highest BCUT2D eigenvalue weighted by molar-refractivity contribution is 5.98. The Labute approximate surface area is 274 Å². The number of halogens is 1. The summed E-state index contributed by atoms with van der Waals surface area (Å²) >= 11 is 0. The molecule has 4 aromatic rings. The Morgan fingerprint density at radius 1 is 1.15 bits per heavy atom. The Hall–Kier alpha value is -5.63. The predicted octanol–water partition coefficient (Wildman–Crippen LogP) is 2.60. The summed E-state index contributed by atoms with van der Waals surface area (Å²) in [6, 6.07) is 9.96. The Morgan fingerprint density at radius 3 is 2.71 bits per heavy atom. The van der Waals surface area contributed by atoms with Gasteiger partial charge in [-0.25, -0.2) is 18.7 Å². The number of hydrogen-bond donors (Lipinski definition) is 4. The second-order valence-corrected chi connectivity index (χ2v) is 11.8. The van der Waals surface area contributed by atoms with Crippen molar-refractivity contribution in [2.75, 3.05) is 20.3 Å². The van der Waals surface area contributed by atoms with E-state index in [4.69, 9.17) is 10.5 Å². The first kappa shape index (κ1) is 32.3. The summed E-state index contributed by atoms with van der Waals surface area (Å²) in [6.45, 7) is 3.26. The molecule has 1 aliphatic carbocycles. The van der Waals surface area contributed by atoms with Gasteiger partial charge in [0.2, 0.25) is 0 Å². The summed E-state index contributed by atoms with van der Waals surface area (Å²) in [6.07, 6.45) is 3.41. The topological polar surface area (TPSA) is 181 Å². The maximum atomic E-state index is 14.7. The monoisotopic (exact) mass is 655 g/mol. The van der Waals surface area contributed by atoms with E-state index in [0.717, 1.165) is 45.0 Å². The van der Waals surface area contributed by atoms with Crippen LogP contribution < -0.4 is 16.4 Å². The van der Waals surface area contributed by atoms with Gasteiger partial charge in [-0.05, 0) is 65.6 Å². The zero-order chi connectivity index (χ0) is 34.1. The van der Waals surface area contributed by atoms with Crippen LogP contribution >= 0.6 is 0 Å². The lowest BCUT2D eigenvalue weighted by atomic mass is 9.96. The number of nitrogens with one attached hydrogen (secondary N) is 2. The van der Waals surface area contributed by atoms with Crippen LogP contribution in [0.5, 0.6) is 0 Å². The van der Waals surface area contributed by atoms with Crippen LogP contribution in [0, 0.1) is 12.7 Å². The number of benzene rings is 2. The van der Waals surface area contributed by atoms with E-state index in [-0.39, 0.29) is 41.4 Å². The molecule has 0 spiro atoms. The van der Waals surface area contributed by atoms with Gasteiger partial charge >= 0.3 is 5.97 Å². The van der Waals surface area contributed by atoms with Crippen LogP contribution in [0.15, 0.2) is 54.0 Å². The van der Waals surface area contributed by atoms with E-state index < -0.39 is 29.6 Å². The Morgan fingerprint density at radius 2 is 1.96 bits per heavy atom. The molecule has 2 amide bonds. The number of methoxy groups -OCH3 is 1. The van der Waals surface area contributed by atoms with Crippen molar-refractivity contribution in [3.8, 4) is 0 Å². The summed E-state index contributed by atoms with van der Waals surface area (Å²) in [5.41, 5.74) is 11.7. The normalized spacial score (nSPS) is 15.8. The van der Waals surface area contributed by atoms with E-state index in [0.29, 0.717) is 43.5 Å². The van der Waals surface area contributed by atoms with Crippen molar-refractivity contribution in [3.63, 3.8) is 0 Å². The van der Waals surface area contributed by atoms with E-state index >= 15 is 0 Å². The smallest absolute Gasteiger partial charge is 0.335 e. The number of hydrogen-bond acceptors (Lipinski definition) is 9. The van der Waals surface area contributed by atoms with Crippen LogP contribution in [0.25, 0.3) is 5.65 Å². The van der Waals surface area contributed by atoms with Gasteiger partial charge in [-0.1, -0.05) is 24.3 Å². The molecule has 0 fully saturated rings. The third-order valence-electron chi connectivity index (χ3n) is 8.98. The summed E-state index contributed by atoms with van der Waals surface area (Å²) in [5, 5.41) is 19.2. The van der Waals surface area contributed by atoms with Crippen LogP contribution in [-0.4, -0.2) is 68.9 Å². The lowest BCUT2D eigenvalue weighted by Crippen LogP contribution is -2.34. The van der Waals surface area contributed by atoms with Crippen molar-refractivity contribution in [2.24, 2.45) is 5.73 Å². The first-order valence-corrected chi connectivity index (χ1v) is 15.4. The van der Waals surface area contributed by atoms with E-state index in [1.54, 1.807) is 13.0 Å². The molecule has 2 aliphatic rings. The molecule has 2 aromatic carbocycles. The molecule has 13 nitrogen and oxygen atoms in total. The van der Waals surface area contributed by atoms with Crippen molar-refractivity contribution in [2.45, 2.75) is 45.3 Å². The predicted molar refractivity (Wildman–Crippen MR) is 170 cm³/mol. The largest absolute Gasteiger partial charge is 0.478 e. The number of rotatable bonds is 10. The number of nitrogens with zero attached hydrogens (tertiary/aromatic N) is 4. The molecule has 1 atom stereocenters. The number of carboxylic acids is 1. The number of fused-ring (bicyclic) bond motifs is 3. The third kappa shape index (κ3) is 6.09. The highest BCUT2D eigenvalue weighted by Gasteiger charge is 2.29. The highest BCUT2D eigenvalue weighted by atomic mass is 19.1. The van der Waals surface area contributed by atoms with Gasteiger partial charge in [0.05, 0.1) is 35.8 Å². The maximum absolute atomic E-state index is 14.7. The van der Waals surface area contributed by atoms with E-state index in [9.17, 15) is 28.7 Å². The number of carboxylic acid groups (broad SMARTS) is 1. The number of amides is 2. The van der Waals surface area contributed by atoms with Gasteiger partial charge in [-0.15, -0.1) is 0 Å². The van der Waals surface area contributed by atoms with Gasteiger partial charge in [0, 0.05) is 32.8 Å². The summed E-state index contributed by atoms with van der Waals surface area (Å²) in [7, 11) is 1.54. The van der Waals surface area contributed by atoms with Crippen molar-refractivity contribution in [3.05, 3.63) is 110 Å². The summed E-state index contributed by atoms with van der Waals surface area (Å²) in [5.74, 6) is -3.01. The molecule has 2 aromatic heterocycles. The molecular weight excluding hydrogens is 621 g/mol. The molecule has 0 unspecified atom stereocenters. The van der Waals surface area contributed by atoms with E-state index in [1.807, 2.05) is 23.1 Å². The minimum absolute atomic E-state index is 0.0789. The quantitative estimate of drug-likeness (QED) is 0.146. The minimum Gasteiger partial charge on any atom is -0.478 e. The molecule has 3 heterocycles. The van der Waals surface area contributed by atoms with Crippen LogP contribution in [0.2, 0.25) is 0 Å². The average Bonchev–Trinajstić information content (AvgIpc) is 3.68. The fourth-order valence-electron chi connectivity index (χ4n) is 6.49. The van der Waals surface area contributed by atoms with Gasteiger partial charge in [0.1, 0.15) is 11.4 Å². The first-order valence-electron chi connectivity index (χ1n) is 15.4. The number of aromatic nitrogens is 3. The van der Waals surface area contributed by atoms with Crippen LogP contribution in [0.4, 0.5) is 4.39 Å². The second-order valence-electron chi connectivity index (χ2n) is 11.8. The standard InChI is InChI=1S/C34H34FN7O6/c1-18-22-7-8-27(24(22)6-5-23(18)34(46)47)40-33(45)29-12-28(39-31-25(35)14-38-42(29)31)32(44)37-13-19-3-4-20-9-10-41(15-21(20)11-19)30(17-48-2)26(36)16-43/h3-6,11-12,14,16,27H,7-10,13,15,17,36H2,1-2H3,(H,37,44)(H,40,45)(H,46,47)/b30-26-/t27-/m0/s1. The van der Waals surface area contributed by atoms with Gasteiger partial charge in [-0.2, -0.15) is 5.10 Å². The third-order valence-corrected chi connectivity index (χ3v) is 8.98. The van der Waals surface area contributed by atoms with Gasteiger partial charge < -0.3 is 31.1 Å². The molecule has 1 aliphatic heterocycles. The molecule has 14 heteroatoms. The van der Waals surface area contributed by atoms with Crippen LogP contribution in [0.1, 0.15) is 77.2 Å². The molecule has 0 bridgehead atoms. The van der Waals surface area contributed by atoms with Crippen LogP contribution in [0.3, 0.4) is 0 Å². The SMILES string of the molecule is COC/C(=C(/N)C=O)N1CCc2ccc(CNC(=O)c3cc(C(=O)N[C@H]4CCc5c4ccc(C(=O)O)c5C)n4ncc(F)c4n3)cc2C1. The number of aldehydes is 1. The molecule has 0 saturated heterocycles. The molecular formula is C34H34FN7O6. The Kier molecular flexibility index (Phi) is 8.91. The first-order chi connectivity index (χ1) is 23.1. The number of ether oxygens (including phenoxy) is 1. The highest BCUT2D eigenvalue weighted by Crippen LogP contribution is 2.35. The van der Waals surface area contributed by atoms with Crippen molar-refractivity contribution >= 4 is 29.7 Å². The number of carbonyl (C=O) groups excluding carboxylic acids is 3. The molecule has 0 saturated carbocycles. The van der Waals surface area contributed by atoms with Gasteiger partial charge in [0.25, 0.3) is 11.8 Å². The lowest BCUT2D eigenvalue weighted by Gasteiger charge is -2.33. The average molecular weight is 656 g/mol. The van der Waals surface area contributed by atoms with Crippen molar-refractivity contribution in [1.82, 2.24) is 30.1 Å². The molecule has 5 N–H and O–H groups in total. The Bertz CT molecular complexity index is 2010. The zero-order valence-electron chi connectivity index (χ0n) is 26.4. The number of allylic oxidation sites excluding steroid dienone is 1. The Balaban J connectivity index is 1.19. The number of carbonyl (C=O) groups is 4. The van der Waals surface area contributed by atoms with Crippen molar-refractivity contribution < 1.29 is 33.4 Å². The maximum Gasteiger partial charge on any atom is 0.335 e. The number of aromatic carboxylic acids is 1. The molecule has 0 radical (unpaired) electrons. The van der Waals surface area contributed by atoms with Crippen molar-refractivity contribution in [1.29, 1.82) is 0 Å². The minimum atomic E-state index is -1.02. The van der Waals surface area contributed by atoms with Crippen LogP contribution in [-0.2, 0) is 35.5 Å². The summed E-state index contributed by atoms with van der Waals surface area (Å²) < 4.78 is 21.0. The zero-order valence-corrected chi connectivity index (χ0v) is 26.4. The lowest BCUT2D eigenvalue weighted by molar-refractivity contribution is -0.105.